The minimum atomic E-state index is -0.827. The Hall–Kier alpha value is -1.10. The molecule has 0 spiro atoms. The van der Waals surface area contributed by atoms with E-state index < -0.39 is 12.0 Å². The first-order valence-electron chi connectivity index (χ1n) is 6.15. The van der Waals surface area contributed by atoms with Gasteiger partial charge in [0.2, 0.25) is 5.91 Å². The minimum absolute atomic E-state index is 0.0842. The molecule has 5 nitrogen and oxygen atoms in total. The van der Waals surface area contributed by atoms with Crippen LogP contribution in [0.4, 0.5) is 0 Å². The lowest BCUT2D eigenvalue weighted by Crippen LogP contribution is -2.45. The second-order valence-corrected chi connectivity index (χ2v) is 5.22. The standard InChI is InChI=1S/C12H22N2O3/c1-8(2)6-13-10(15)7-14-5-4-9(3)11(14)12(16)17/h8-9,11H,4-7H2,1-3H3,(H,13,15)(H,16,17). The molecule has 2 N–H and O–H groups in total. The zero-order valence-corrected chi connectivity index (χ0v) is 10.8. The second kappa shape index (κ2) is 6.00. The van der Waals surface area contributed by atoms with Gasteiger partial charge in [-0.15, -0.1) is 0 Å². The lowest BCUT2D eigenvalue weighted by Gasteiger charge is -2.22. The van der Waals surface area contributed by atoms with E-state index in [9.17, 15) is 9.59 Å². The van der Waals surface area contributed by atoms with E-state index in [-0.39, 0.29) is 18.4 Å². The van der Waals surface area contributed by atoms with Crippen molar-refractivity contribution in [3.05, 3.63) is 0 Å². The molecule has 0 aromatic carbocycles. The lowest BCUT2D eigenvalue weighted by atomic mass is 10.0. The van der Waals surface area contributed by atoms with Gasteiger partial charge in [-0.1, -0.05) is 20.8 Å². The Morgan fingerprint density at radius 2 is 2.12 bits per heavy atom. The van der Waals surface area contributed by atoms with Crippen molar-refractivity contribution in [1.82, 2.24) is 10.2 Å². The minimum Gasteiger partial charge on any atom is -0.480 e. The normalized spacial score (nSPS) is 25.2. The molecular weight excluding hydrogens is 220 g/mol. The lowest BCUT2D eigenvalue weighted by molar-refractivity contribution is -0.143. The monoisotopic (exact) mass is 242 g/mol. The zero-order valence-electron chi connectivity index (χ0n) is 10.8. The highest BCUT2D eigenvalue weighted by atomic mass is 16.4. The first-order valence-corrected chi connectivity index (χ1v) is 6.15. The number of nitrogens with one attached hydrogen (secondary N) is 1. The van der Waals surface area contributed by atoms with Crippen molar-refractivity contribution >= 4 is 11.9 Å². The third kappa shape index (κ3) is 4.00. The molecule has 1 fully saturated rings. The molecule has 0 radical (unpaired) electrons. The maximum atomic E-state index is 11.6. The van der Waals surface area contributed by atoms with E-state index in [0.717, 1.165) is 6.42 Å². The Balaban J connectivity index is 2.45. The number of nitrogens with zero attached hydrogens (tertiary/aromatic N) is 1. The van der Waals surface area contributed by atoms with Crippen LogP contribution in [0.2, 0.25) is 0 Å². The van der Waals surface area contributed by atoms with E-state index in [0.29, 0.717) is 19.0 Å². The molecule has 0 saturated carbocycles. The molecule has 0 aromatic heterocycles. The quantitative estimate of drug-likeness (QED) is 0.739. The fourth-order valence-corrected chi connectivity index (χ4v) is 2.16. The number of hydrogen-bond donors (Lipinski definition) is 2. The third-order valence-electron chi connectivity index (χ3n) is 3.11. The number of carbonyl (C=O) groups is 2. The average Bonchev–Trinajstić information content (AvgIpc) is 2.56. The molecule has 1 heterocycles. The van der Waals surface area contributed by atoms with Gasteiger partial charge in [0.1, 0.15) is 6.04 Å². The molecule has 17 heavy (non-hydrogen) atoms. The summed E-state index contributed by atoms with van der Waals surface area (Å²) in [6.45, 7) is 7.49. The number of carboxylic acids is 1. The Morgan fingerprint density at radius 3 is 2.65 bits per heavy atom. The number of carbonyl (C=O) groups excluding carboxylic acids is 1. The summed E-state index contributed by atoms with van der Waals surface area (Å²) < 4.78 is 0. The van der Waals surface area contributed by atoms with Gasteiger partial charge in [-0.3, -0.25) is 14.5 Å². The van der Waals surface area contributed by atoms with Crippen LogP contribution in [0.5, 0.6) is 0 Å². The van der Waals surface area contributed by atoms with Gasteiger partial charge in [-0.2, -0.15) is 0 Å². The molecule has 0 bridgehead atoms. The number of hydrogen-bond acceptors (Lipinski definition) is 3. The molecule has 0 aromatic rings. The van der Waals surface area contributed by atoms with E-state index in [1.807, 2.05) is 20.8 Å². The van der Waals surface area contributed by atoms with E-state index in [1.165, 1.54) is 0 Å². The summed E-state index contributed by atoms with van der Waals surface area (Å²) in [5, 5.41) is 11.9. The summed E-state index contributed by atoms with van der Waals surface area (Å²) in [7, 11) is 0. The largest absolute Gasteiger partial charge is 0.480 e. The molecule has 1 saturated heterocycles. The summed E-state index contributed by atoms with van der Waals surface area (Å²) in [6.07, 6.45) is 0.842. The van der Waals surface area contributed by atoms with E-state index >= 15 is 0 Å². The molecule has 98 valence electrons. The van der Waals surface area contributed by atoms with Crippen LogP contribution < -0.4 is 5.32 Å². The first-order chi connectivity index (χ1) is 7.91. The summed E-state index contributed by atoms with van der Waals surface area (Å²) >= 11 is 0. The molecule has 2 atom stereocenters. The maximum absolute atomic E-state index is 11.6. The zero-order chi connectivity index (χ0) is 13.0. The highest BCUT2D eigenvalue weighted by Crippen LogP contribution is 2.23. The number of amides is 1. The van der Waals surface area contributed by atoms with Crippen molar-refractivity contribution in [3.63, 3.8) is 0 Å². The van der Waals surface area contributed by atoms with E-state index in [4.69, 9.17) is 5.11 Å². The fourth-order valence-electron chi connectivity index (χ4n) is 2.16. The van der Waals surface area contributed by atoms with Gasteiger partial charge in [0.05, 0.1) is 6.54 Å². The Kier molecular flexibility index (Phi) is 4.93. The smallest absolute Gasteiger partial charge is 0.321 e. The SMILES string of the molecule is CC(C)CNC(=O)CN1CCC(C)C1C(=O)O. The summed E-state index contributed by atoms with van der Waals surface area (Å²) in [5.74, 6) is -0.386. The Bertz CT molecular complexity index is 291. The number of carboxylic acid groups (broad SMARTS) is 1. The van der Waals surface area contributed by atoms with Crippen LogP contribution in [0.25, 0.3) is 0 Å². The molecule has 1 rings (SSSR count). The van der Waals surface area contributed by atoms with E-state index in [1.54, 1.807) is 4.90 Å². The van der Waals surface area contributed by atoms with Crippen LogP contribution in [0.1, 0.15) is 27.2 Å². The van der Waals surface area contributed by atoms with Crippen molar-refractivity contribution < 1.29 is 14.7 Å². The third-order valence-corrected chi connectivity index (χ3v) is 3.11. The van der Waals surface area contributed by atoms with Crippen LogP contribution in [-0.2, 0) is 9.59 Å². The van der Waals surface area contributed by atoms with Crippen molar-refractivity contribution in [3.8, 4) is 0 Å². The van der Waals surface area contributed by atoms with Crippen LogP contribution in [0, 0.1) is 11.8 Å². The summed E-state index contributed by atoms with van der Waals surface area (Å²) in [4.78, 5) is 24.5. The summed E-state index contributed by atoms with van der Waals surface area (Å²) in [6, 6.07) is -0.514. The van der Waals surface area contributed by atoms with Crippen LogP contribution in [0.15, 0.2) is 0 Å². The highest BCUT2D eigenvalue weighted by Gasteiger charge is 2.37. The average molecular weight is 242 g/mol. The molecular formula is C12H22N2O3. The topological polar surface area (TPSA) is 69.6 Å². The van der Waals surface area contributed by atoms with Crippen LogP contribution >= 0.6 is 0 Å². The molecule has 2 unspecified atom stereocenters. The Labute approximate surface area is 102 Å². The second-order valence-electron chi connectivity index (χ2n) is 5.22. The van der Waals surface area contributed by atoms with Gasteiger partial charge in [0.25, 0.3) is 0 Å². The van der Waals surface area contributed by atoms with Crippen molar-refractivity contribution in [2.75, 3.05) is 19.6 Å². The van der Waals surface area contributed by atoms with Crippen LogP contribution in [-0.4, -0.2) is 47.6 Å². The van der Waals surface area contributed by atoms with Gasteiger partial charge >= 0.3 is 5.97 Å². The first kappa shape index (κ1) is 14.0. The van der Waals surface area contributed by atoms with Gasteiger partial charge in [-0.05, 0) is 24.8 Å². The van der Waals surface area contributed by atoms with Crippen LogP contribution in [0.3, 0.4) is 0 Å². The number of rotatable bonds is 5. The van der Waals surface area contributed by atoms with Crippen molar-refractivity contribution in [2.45, 2.75) is 33.2 Å². The molecule has 0 aliphatic carbocycles. The predicted octanol–water partition coefficient (Wildman–Crippen LogP) is 0.554. The summed E-state index contributed by atoms with van der Waals surface area (Å²) in [5.41, 5.74) is 0. The Morgan fingerprint density at radius 1 is 1.47 bits per heavy atom. The van der Waals surface area contributed by atoms with Crippen molar-refractivity contribution in [2.24, 2.45) is 11.8 Å². The van der Waals surface area contributed by atoms with Gasteiger partial charge in [0.15, 0.2) is 0 Å². The van der Waals surface area contributed by atoms with E-state index in [2.05, 4.69) is 5.32 Å². The van der Waals surface area contributed by atoms with Gasteiger partial charge in [-0.25, -0.2) is 0 Å². The van der Waals surface area contributed by atoms with Gasteiger partial charge in [0, 0.05) is 6.54 Å². The molecule has 1 aliphatic rings. The number of likely N-dealkylation sites (tertiary alicyclic amines) is 1. The fraction of sp³-hybridized carbons (Fsp3) is 0.833. The van der Waals surface area contributed by atoms with Gasteiger partial charge < -0.3 is 10.4 Å². The number of aliphatic carboxylic acids is 1. The molecule has 5 heteroatoms. The molecule has 1 amide bonds. The maximum Gasteiger partial charge on any atom is 0.321 e. The highest BCUT2D eigenvalue weighted by molar-refractivity contribution is 5.80. The predicted molar refractivity (Wildman–Crippen MR) is 64.6 cm³/mol. The molecule has 1 aliphatic heterocycles. The van der Waals surface area contributed by atoms with Crippen molar-refractivity contribution in [1.29, 1.82) is 0 Å².